The van der Waals surface area contributed by atoms with Gasteiger partial charge < -0.3 is 23.8 Å². The van der Waals surface area contributed by atoms with Crippen molar-refractivity contribution in [2.24, 2.45) is 0 Å². The molecule has 0 unspecified atom stereocenters. The quantitative estimate of drug-likeness (QED) is 0.253. The van der Waals surface area contributed by atoms with E-state index in [1.165, 1.54) is 26.0 Å². The molecule has 0 radical (unpaired) electrons. The van der Waals surface area contributed by atoms with E-state index in [0.29, 0.717) is 5.56 Å². The second kappa shape index (κ2) is 13.1. The van der Waals surface area contributed by atoms with E-state index in [9.17, 15) is 14.2 Å². The van der Waals surface area contributed by atoms with E-state index in [0.717, 1.165) is 17.7 Å². The molecule has 8 nitrogen and oxygen atoms in total. The zero-order valence-corrected chi connectivity index (χ0v) is 22.6. The first kappa shape index (κ1) is 30.4. The molecule has 0 saturated carbocycles. The normalized spacial score (nSPS) is 13.1. The van der Waals surface area contributed by atoms with Gasteiger partial charge in [0, 0.05) is 12.0 Å². The molecule has 11 heteroatoms. The molecule has 204 valence electrons. The highest BCUT2D eigenvalue weighted by atomic mass is 31.2. The Balaban J connectivity index is 2.22. The zero-order chi connectivity index (χ0) is 27.7. The number of amides is 1. The van der Waals surface area contributed by atoms with Gasteiger partial charge in [-0.3, -0.25) is 4.57 Å². The number of nitrogens with one attached hydrogen (secondary N) is 1. The van der Waals surface area contributed by atoms with Crippen molar-refractivity contribution < 1.29 is 41.5 Å². The predicted molar refractivity (Wildman–Crippen MR) is 134 cm³/mol. The third-order valence-electron chi connectivity index (χ3n) is 4.88. The highest BCUT2D eigenvalue weighted by molar-refractivity contribution is 7.54. The Morgan fingerprint density at radius 2 is 1.49 bits per heavy atom. The predicted octanol–water partition coefficient (Wildman–Crippen LogP) is 6.18. The summed E-state index contributed by atoms with van der Waals surface area (Å²) in [6, 6.07) is 12.7. The second-order valence-corrected chi connectivity index (χ2v) is 11.1. The van der Waals surface area contributed by atoms with Gasteiger partial charge in [-0.25, -0.2) is 9.59 Å². The summed E-state index contributed by atoms with van der Waals surface area (Å²) in [5.74, 6) is -0.721. The number of alkyl halides is 2. The van der Waals surface area contributed by atoms with Crippen molar-refractivity contribution in [1.29, 1.82) is 0 Å². The van der Waals surface area contributed by atoms with Crippen LogP contribution in [-0.2, 0) is 46.6 Å². The molecular formula is C26H34F2NO7P. The van der Waals surface area contributed by atoms with Crippen LogP contribution in [0, 0.1) is 0 Å². The summed E-state index contributed by atoms with van der Waals surface area (Å²) >= 11 is 0. The molecule has 2 rings (SSSR count). The number of ether oxygens (including phenoxy) is 2. The van der Waals surface area contributed by atoms with Gasteiger partial charge >= 0.3 is 25.3 Å². The van der Waals surface area contributed by atoms with Crippen LogP contribution in [0.2, 0.25) is 0 Å². The molecule has 1 N–H and O–H groups in total. The van der Waals surface area contributed by atoms with Gasteiger partial charge in [-0.05, 0) is 45.7 Å². The van der Waals surface area contributed by atoms with Crippen LogP contribution in [0.25, 0.3) is 0 Å². The third kappa shape index (κ3) is 8.91. The van der Waals surface area contributed by atoms with Crippen LogP contribution in [-0.4, -0.2) is 36.9 Å². The summed E-state index contributed by atoms with van der Waals surface area (Å²) in [5.41, 5.74) is -4.05. The molecule has 0 fully saturated rings. The van der Waals surface area contributed by atoms with Crippen LogP contribution in [0.5, 0.6) is 0 Å². The standard InChI is InChI=1S/C26H34F2NO7P/c1-6-34-37(32,35-7-2)26(27,28)21-15-13-19(14-16-21)17-22(29-24(31)36-25(3,4)5)23(30)33-18-20-11-9-8-10-12-20/h8-16,22H,6-7,17-18H2,1-5H3,(H,29,31)/t22-/m0/s1. The Labute approximate surface area is 216 Å². The first-order valence-corrected chi connectivity index (χ1v) is 13.4. The molecule has 0 aliphatic rings. The summed E-state index contributed by atoms with van der Waals surface area (Å²) in [6.45, 7) is 7.48. The molecule has 0 heterocycles. The SMILES string of the molecule is CCOP(=O)(OCC)C(F)(F)c1ccc(C[C@H](NC(=O)OC(C)(C)C)C(=O)OCc2ccccc2)cc1. The number of benzene rings is 2. The lowest BCUT2D eigenvalue weighted by Crippen LogP contribution is -2.45. The highest BCUT2D eigenvalue weighted by Crippen LogP contribution is 2.66. The van der Waals surface area contributed by atoms with Crippen LogP contribution in [0.1, 0.15) is 51.3 Å². The van der Waals surface area contributed by atoms with Gasteiger partial charge in [0.25, 0.3) is 0 Å². The first-order valence-electron chi connectivity index (χ1n) is 11.9. The number of alkyl carbamates (subject to hydrolysis) is 1. The van der Waals surface area contributed by atoms with Gasteiger partial charge in [-0.1, -0.05) is 54.6 Å². The molecule has 0 aromatic heterocycles. The number of rotatable bonds is 12. The molecule has 2 aromatic rings. The van der Waals surface area contributed by atoms with Crippen LogP contribution >= 0.6 is 7.60 Å². The fourth-order valence-corrected chi connectivity index (χ4v) is 4.79. The largest absolute Gasteiger partial charge is 0.459 e. The van der Waals surface area contributed by atoms with Crippen LogP contribution in [0.15, 0.2) is 54.6 Å². The lowest BCUT2D eigenvalue weighted by atomic mass is 10.0. The summed E-state index contributed by atoms with van der Waals surface area (Å²) < 4.78 is 63.0. The average Bonchev–Trinajstić information content (AvgIpc) is 2.82. The van der Waals surface area contributed by atoms with Crippen molar-refractivity contribution in [2.75, 3.05) is 13.2 Å². The van der Waals surface area contributed by atoms with Gasteiger partial charge in [0.15, 0.2) is 0 Å². The molecule has 2 aromatic carbocycles. The first-order chi connectivity index (χ1) is 17.3. The summed E-state index contributed by atoms with van der Waals surface area (Å²) in [4.78, 5) is 25.2. The van der Waals surface area contributed by atoms with Gasteiger partial charge in [0.05, 0.1) is 13.2 Å². The number of hydrogen-bond donors (Lipinski definition) is 1. The van der Waals surface area contributed by atoms with Crippen LogP contribution in [0.3, 0.4) is 0 Å². The minimum atomic E-state index is -4.76. The van der Waals surface area contributed by atoms with Gasteiger partial charge in [0.2, 0.25) is 0 Å². The van der Waals surface area contributed by atoms with Gasteiger partial charge in [-0.2, -0.15) is 8.78 Å². The van der Waals surface area contributed by atoms with Crippen molar-refractivity contribution in [1.82, 2.24) is 5.32 Å². The Kier molecular flexibility index (Phi) is 10.8. The lowest BCUT2D eigenvalue weighted by molar-refractivity contribution is -0.147. The zero-order valence-electron chi connectivity index (χ0n) is 21.7. The second-order valence-electron chi connectivity index (χ2n) is 9.07. The Bertz CT molecular complexity index is 1060. The fraction of sp³-hybridized carbons (Fsp3) is 0.462. The van der Waals surface area contributed by atoms with Gasteiger partial charge in [0.1, 0.15) is 18.2 Å². The lowest BCUT2D eigenvalue weighted by Gasteiger charge is -2.26. The maximum absolute atomic E-state index is 15.0. The van der Waals surface area contributed by atoms with E-state index in [1.54, 1.807) is 45.0 Å². The van der Waals surface area contributed by atoms with Crippen molar-refractivity contribution >= 4 is 19.7 Å². The monoisotopic (exact) mass is 541 g/mol. The van der Waals surface area contributed by atoms with Crippen molar-refractivity contribution in [3.63, 3.8) is 0 Å². The van der Waals surface area contributed by atoms with Crippen molar-refractivity contribution in [2.45, 2.75) is 65.0 Å². The minimum Gasteiger partial charge on any atom is -0.459 e. The number of halogens is 2. The summed E-state index contributed by atoms with van der Waals surface area (Å²) in [5, 5.41) is 2.49. The van der Waals surface area contributed by atoms with Crippen molar-refractivity contribution in [3.05, 3.63) is 71.3 Å². The summed E-state index contributed by atoms with van der Waals surface area (Å²) in [6.07, 6.45) is -0.889. The molecule has 1 amide bonds. The van der Waals surface area contributed by atoms with Gasteiger partial charge in [-0.15, -0.1) is 0 Å². The number of hydrogen-bond acceptors (Lipinski definition) is 7. The number of esters is 1. The van der Waals surface area contributed by atoms with E-state index in [1.807, 2.05) is 6.07 Å². The average molecular weight is 542 g/mol. The fourth-order valence-electron chi connectivity index (χ4n) is 3.25. The van der Waals surface area contributed by atoms with E-state index in [-0.39, 0.29) is 26.2 Å². The van der Waals surface area contributed by atoms with Crippen LogP contribution < -0.4 is 5.32 Å². The maximum Gasteiger partial charge on any atom is 0.408 e. The topological polar surface area (TPSA) is 100 Å². The Hall–Kier alpha value is -2.81. The molecule has 0 aliphatic carbocycles. The highest BCUT2D eigenvalue weighted by Gasteiger charge is 2.54. The molecule has 0 spiro atoms. The van der Waals surface area contributed by atoms with E-state index in [4.69, 9.17) is 18.5 Å². The molecule has 37 heavy (non-hydrogen) atoms. The number of carbonyl (C=O) groups excluding carboxylic acids is 2. The molecule has 0 aliphatic heterocycles. The van der Waals surface area contributed by atoms with Crippen LogP contribution in [0.4, 0.5) is 13.6 Å². The molecular weight excluding hydrogens is 507 g/mol. The molecule has 0 saturated heterocycles. The smallest absolute Gasteiger partial charge is 0.408 e. The third-order valence-corrected chi connectivity index (χ3v) is 7.02. The molecule has 0 bridgehead atoms. The maximum atomic E-state index is 15.0. The number of carbonyl (C=O) groups is 2. The summed E-state index contributed by atoms with van der Waals surface area (Å²) in [7, 11) is -4.76. The Morgan fingerprint density at radius 3 is 2.00 bits per heavy atom. The van der Waals surface area contributed by atoms with E-state index < -0.39 is 42.5 Å². The Morgan fingerprint density at radius 1 is 0.919 bits per heavy atom. The molecule has 1 atom stereocenters. The van der Waals surface area contributed by atoms with E-state index >= 15 is 8.78 Å². The van der Waals surface area contributed by atoms with E-state index in [2.05, 4.69) is 5.32 Å². The van der Waals surface area contributed by atoms with Crippen molar-refractivity contribution in [3.8, 4) is 0 Å². The minimum absolute atomic E-state index is 0.0124.